The highest BCUT2D eigenvalue weighted by Crippen LogP contribution is 2.24. The van der Waals surface area contributed by atoms with E-state index in [1.807, 2.05) is 36.4 Å². The predicted molar refractivity (Wildman–Crippen MR) is 136 cm³/mol. The minimum absolute atomic E-state index is 0.0683. The Morgan fingerprint density at radius 2 is 1.72 bits per heavy atom. The molecule has 10 heteroatoms. The molecule has 0 aliphatic rings. The Kier molecular flexibility index (Phi) is 9.41. The average Bonchev–Trinajstić information content (AvgIpc) is 3.28. The zero-order valence-corrected chi connectivity index (χ0v) is 21.8. The van der Waals surface area contributed by atoms with E-state index in [9.17, 15) is 9.59 Å². The molecule has 0 saturated heterocycles. The van der Waals surface area contributed by atoms with Gasteiger partial charge in [-0.15, -0.1) is 10.2 Å². The third-order valence-corrected chi connectivity index (χ3v) is 5.50. The number of Topliss-reactive ketones (excluding diaryl/α,β-unsaturated/α-hetero) is 1. The van der Waals surface area contributed by atoms with Crippen LogP contribution in [-0.2, 0) is 28.9 Å². The van der Waals surface area contributed by atoms with Gasteiger partial charge in [0, 0.05) is 30.3 Å². The highest BCUT2D eigenvalue weighted by atomic mass is 35.5. The van der Waals surface area contributed by atoms with Crippen molar-refractivity contribution < 1.29 is 19.1 Å². The zero-order valence-electron chi connectivity index (χ0n) is 21.0. The minimum Gasteiger partial charge on any atom is -0.497 e. The molecule has 0 aliphatic heterocycles. The molecule has 3 rings (SSSR count). The van der Waals surface area contributed by atoms with E-state index < -0.39 is 11.7 Å². The molecule has 1 N–H and O–H groups in total. The van der Waals surface area contributed by atoms with Crippen LogP contribution in [0.5, 0.6) is 5.75 Å². The number of carbonyl (C=O) groups is 2. The van der Waals surface area contributed by atoms with Gasteiger partial charge in [-0.1, -0.05) is 35.9 Å². The number of hydrogen-bond acceptors (Lipinski definition) is 7. The van der Waals surface area contributed by atoms with Gasteiger partial charge in [-0.05, 0) is 67.8 Å². The fourth-order valence-electron chi connectivity index (χ4n) is 3.56. The number of amides is 1. The van der Waals surface area contributed by atoms with Crippen LogP contribution in [-0.4, -0.2) is 51.3 Å². The summed E-state index contributed by atoms with van der Waals surface area (Å²) in [5.41, 5.74) is 1.36. The van der Waals surface area contributed by atoms with Crippen LogP contribution in [0.1, 0.15) is 50.1 Å². The van der Waals surface area contributed by atoms with Gasteiger partial charge in [0.05, 0.1) is 13.7 Å². The summed E-state index contributed by atoms with van der Waals surface area (Å²) in [5, 5.41) is 16.1. The maximum atomic E-state index is 12.9. The van der Waals surface area contributed by atoms with Crippen LogP contribution in [0.3, 0.4) is 0 Å². The largest absolute Gasteiger partial charge is 0.497 e. The first-order valence-electron chi connectivity index (χ1n) is 11.7. The summed E-state index contributed by atoms with van der Waals surface area (Å²) in [5.74, 6) is 1.05. The summed E-state index contributed by atoms with van der Waals surface area (Å²) in [6, 6.07) is 14.9. The number of alkyl carbamates (subject to hydrolysis) is 1. The van der Waals surface area contributed by atoms with Gasteiger partial charge < -0.3 is 14.8 Å². The highest BCUT2D eigenvalue weighted by molar-refractivity contribution is 6.30. The standard InChI is InChI=1S/C26H32ClN5O4/c1-26(2,3)36-25(34)28-13-14-32-30-24(29-31-32)20(15-18-7-11-23(35-4)12-8-18)17-22(33)16-19-5-9-21(27)10-6-19/h5-12,20H,13-17H2,1-4H3,(H,28,34)/t20-/m1/s1. The second-order valence-electron chi connectivity index (χ2n) is 9.47. The van der Waals surface area contributed by atoms with Crippen molar-refractivity contribution in [3.8, 4) is 5.75 Å². The topological polar surface area (TPSA) is 108 Å². The van der Waals surface area contributed by atoms with Crippen molar-refractivity contribution in [2.24, 2.45) is 0 Å². The first-order chi connectivity index (χ1) is 17.1. The van der Waals surface area contributed by atoms with Crippen LogP contribution in [0.2, 0.25) is 5.02 Å². The second kappa shape index (κ2) is 12.5. The van der Waals surface area contributed by atoms with Crippen LogP contribution in [0.15, 0.2) is 48.5 Å². The van der Waals surface area contributed by atoms with Crippen molar-refractivity contribution in [2.45, 2.75) is 58.1 Å². The summed E-state index contributed by atoms with van der Waals surface area (Å²) < 4.78 is 10.5. The van der Waals surface area contributed by atoms with E-state index in [0.717, 1.165) is 16.9 Å². The maximum Gasteiger partial charge on any atom is 0.407 e. The number of halogens is 1. The molecule has 0 spiro atoms. The molecule has 0 unspecified atom stereocenters. The van der Waals surface area contributed by atoms with Crippen LogP contribution in [0, 0.1) is 0 Å². The van der Waals surface area contributed by atoms with Crippen molar-refractivity contribution in [1.82, 2.24) is 25.5 Å². The fourth-order valence-corrected chi connectivity index (χ4v) is 3.69. The molecule has 9 nitrogen and oxygen atoms in total. The Morgan fingerprint density at radius 3 is 2.36 bits per heavy atom. The van der Waals surface area contributed by atoms with Crippen LogP contribution in [0.25, 0.3) is 0 Å². The molecular weight excluding hydrogens is 482 g/mol. The second-order valence-corrected chi connectivity index (χ2v) is 9.90. The molecule has 2 aromatic carbocycles. The van der Waals surface area contributed by atoms with Gasteiger partial charge in [-0.3, -0.25) is 4.79 Å². The normalized spacial score (nSPS) is 12.1. The van der Waals surface area contributed by atoms with E-state index in [4.69, 9.17) is 21.1 Å². The van der Waals surface area contributed by atoms with Gasteiger partial charge in [0.15, 0.2) is 5.82 Å². The molecule has 0 fully saturated rings. The van der Waals surface area contributed by atoms with Crippen molar-refractivity contribution in [3.05, 3.63) is 70.5 Å². The van der Waals surface area contributed by atoms with Crippen LogP contribution in [0.4, 0.5) is 4.79 Å². The van der Waals surface area contributed by atoms with Crippen molar-refractivity contribution in [3.63, 3.8) is 0 Å². The summed E-state index contributed by atoms with van der Waals surface area (Å²) in [6.45, 7) is 6.00. The first kappa shape index (κ1) is 27.1. The lowest BCUT2D eigenvalue weighted by molar-refractivity contribution is -0.118. The lowest BCUT2D eigenvalue weighted by Crippen LogP contribution is -2.34. The molecule has 0 radical (unpaired) electrons. The summed E-state index contributed by atoms with van der Waals surface area (Å²) in [6.07, 6.45) is 0.617. The third-order valence-electron chi connectivity index (χ3n) is 5.24. The van der Waals surface area contributed by atoms with E-state index in [1.54, 1.807) is 40.0 Å². The number of tetrazole rings is 1. The molecular formula is C26H32ClN5O4. The van der Waals surface area contributed by atoms with Gasteiger partial charge in [0.25, 0.3) is 0 Å². The number of hydrogen-bond donors (Lipinski definition) is 1. The van der Waals surface area contributed by atoms with Crippen molar-refractivity contribution in [1.29, 1.82) is 0 Å². The molecule has 0 aliphatic carbocycles. The molecule has 3 aromatic rings. The van der Waals surface area contributed by atoms with E-state index >= 15 is 0 Å². The Balaban J connectivity index is 1.67. The quantitative estimate of drug-likeness (QED) is 0.405. The summed E-state index contributed by atoms with van der Waals surface area (Å²) in [7, 11) is 1.62. The smallest absolute Gasteiger partial charge is 0.407 e. The number of benzene rings is 2. The van der Waals surface area contributed by atoms with Gasteiger partial charge >= 0.3 is 6.09 Å². The number of nitrogens with one attached hydrogen (secondary N) is 1. The van der Waals surface area contributed by atoms with E-state index in [-0.39, 0.29) is 24.7 Å². The number of carbonyl (C=O) groups excluding carboxylic acids is 2. The minimum atomic E-state index is -0.573. The first-order valence-corrected chi connectivity index (χ1v) is 12.1. The molecule has 1 heterocycles. The number of methoxy groups -OCH3 is 1. The lowest BCUT2D eigenvalue weighted by atomic mass is 9.91. The SMILES string of the molecule is COc1ccc(C[C@H](CC(=O)Cc2ccc(Cl)cc2)c2nnn(CCNC(=O)OC(C)(C)C)n2)cc1. The zero-order chi connectivity index (χ0) is 26.1. The Labute approximate surface area is 216 Å². The van der Waals surface area contributed by atoms with Gasteiger partial charge in [0.1, 0.15) is 17.1 Å². The maximum absolute atomic E-state index is 12.9. The average molecular weight is 514 g/mol. The molecule has 192 valence electrons. The predicted octanol–water partition coefficient (Wildman–Crippen LogP) is 4.39. The number of nitrogens with zero attached hydrogens (tertiary/aromatic N) is 4. The Hall–Kier alpha value is -3.46. The molecule has 36 heavy (non-hydrogen) atoms. The Morgan fingerprint density at radius 1 is 1.06 bits per heavy atom. The Bertz CT molecular complexity index is 1140. The molecule has 1 atom stereocenters. The summed E-state index contributed by atoms with van der Waals surface area (Å²) in [4.78, 5) is 26.2. The van der Waals surface area contributed by atoms with Gasteiger partial charge in [0.2, 0.25) is 0 Å². The highest BCUT2D eigenvalue weighted by Gasteiger charge is 2.22. The van der Waals surface area contributed by atoms with E-state index in [1.165, 1.54) is 4.80 Å². The fraction of sp³-hybridized carbons (Fsp3) is 0.423. The number of aromatic nitrogens is 4. The number of ether oxygens (including phenoxy) is 2. The van der Waals surface area contributed by atoms with Crippen molar-refractivity contribution in [2.75, 3.05) is 13.7 Å². The van der Waals surface area contributed by atoms with Gasteiger partial charge in [-0.25, -0.2) is 4.79 Å². The molecule has 0 bridgehead atoms. The third kappa shape index (κ3) is 8.96. The van der Waals surface area contributed by atoms with Gasteiger partial charge in [-0.2, -0.15) is 4.80 Å². The number of ketones is 1. The van der Waals surface area contributed by atoms with Crippen LogP contribution < -0.4 is 10.1 Å². The molecule has 1 aromatic heterocycles. The lowest BCUT2D eigenvalue weighted by Gasteiger charge is -2.19. The summed E-state index contributed by atoms with van der Waals surface area (Å²) >= 11 is 5.96. The molecule has 0 saturated carbocycles. The number of rotatable bonds is 11. The van der Waals surface area contributed by atoms with E-state index in [2.05, 4.69) is 20.7 Å². The van der Waals surface area contributed by atoms with Crippen molar-refractivity contribution >= 4 is 23.5 Å². The molecule has 1 amide bonds. The monoisotopic (exact) mass is 513 g/mol. The van der Waals surface area contributed by atoms with Crippen LogP contribution >= 0.6 is 11.6 Å². The van der Waals surface area contributed by atoms with E-state index in [0.29, 0.717) is 30.2 Å².